The fourth-order valence-corrected chi connectivity index (χ4v) is 12.8. The van der Waals surface area contributed by atoms with Crippen molar-refractivity contribution >= 4 is 105 Å². The van der Waals surface area contributed by atoms with E-state index >= 15 is 0 Å². The summed E-state index contributed by atoms with van der Waals surface area (Å²) in [5.41, 5.74) is 2.16. The molecule has 0 atom stereocenters. The smallest absolute Gasteiger partial charge is 0.147 e. The highest BCUT2D eigenvalue weighted by Crippen LogP contribution is 2.44. The molecule has 240 valence electrons. The lowest BCUT2D eigenvalue weighted by atomic mass is 9.78. The van der Waals surface area contributed by atoms with Gasteiger partial charge in [0.25, 0.3) is 0 Å². The second-order valence-corrected chi connectivity index (χ2v) is 26.8. The van der Waals surface area contributed by atoms with E-state index in [-0.39, 0.29) is 5.41 Å². The van der Waals surface area contributed by atoms with Crippen molar-refractivity contribution in [2.24, 2.45) is 0 Å². The average molecular weight is 905 g/mol. The lowest BCUT2D eigenvalue weighted by Crippen LogP contribution is -2.47. The van der Waals surface area contributed by atoms with Gasteiger partial charge >= 0.3 is 0 Å². The summed E-state index contributed by atoms with van der Waals surface area (Å²) in [4.78, 5) is 0. The summed E-state index contributed by atoms with van der Waals surface area (Å²) in [7, 11) is -2.36. The zero-order chi connectivity index (χ0) is 32.8. The highest BCUT2D eigenvalue weighted by atomic mass is 79.9. The Morgan fingerprint density at radius 3 is 1.48 bits per heavy atom. The SMILES string of the molecule is CCCOc1c(Br)cc(C(C)(C)c2cc(Br)c(OCCCCC[Si](C)(C)c3cc([Si](C)C)cc([Si](C)C)c3)c(Br)c2)cc1Br. The van der Waals surface area contributed by atoms with Crippen LogP contribution in [-0.4, -0.2) is 38.9 Å². The third-order valence-electron chi connectivity index (χ3n) is 8.45. The van der Waals surface area contributed by atoms with Crippen molar-refractivity contribution in [2.45, 2.75) is 97.2 Å². The van der Waals surface area contributed by atoms with Crippen molar-refractivity contribution in [3.63, 3.8) is 0 Å². The van der Waals surface area contributed by atoms with Gasteiger partial charge in [-0.05, 0) is 112 Å². The summed E-state index contributed by atoms with van der Waals surface area (Å²) in [6.07, 6.45) is 4.48. The van der Waals surface area contributed by atoms with Crippen LogP contribution in [0.25, 0.3) is 0 Å². The lowest BCUT2D eigenvalue weighted by Gasteiger charge is -2.28. The number of ether oxygens (including phenoxy) is 2. The molecule has 2 radical (unpaired) electrons. The Morgan fingerprint density at radius 2 is 1.07 bits per heavy atom. The van der Waals surface area contributed by atoms with Gasteiger partial charge in [0, 0.05) is 5.41 Å². The van der Waals surface area contributed by atoms with E-state index in [9.17, 15) is 0 Å². The minimum absolute atomic E-state index is 0.234. The van der Waals surface area contributed by atoms with Crippen molar-refractivity contribution in [3.8, 4) is 11.5 Å². The van der Waals surface area contributed by atoms with E-state index in [4.69, 9.17) is 9.47 Å². The first kappa shape index (κ1) is 38.3. The number of rotatable bonds is 15. The average Bonchev–Trinajstić information content (AvgIpc) is 2.95. The molecule has 0 aliphatic heterocycles. The normalized spacial score (nSPS) is 12.3. The molecular weight excluding hydrogens is 856 g/mol. The predicted octanol–water partition coefficient (Wildman–Crippen LogP) is 10.9. The summed E-state index contributed by atoms with van der Waals surface area (Å²) < 4.78 is 16.1. The van der Waals surface area contributed by atoms with Crippen LogP contribution in [0.2, 0.25) is 45.3 Å². The van der Waals surface area contributed by atoms with Crippen molar-refractivity contribution < 1.29 is 9.47 Å². The summed E-state index contributed by atoms with van der Waals surface area (Å²) in [5.74, 6) is 1.73. The van der Waals surface area contributed by atoms with Crippen LogP contribution in [0.15, 0.2) is 60.4 Å². The van der Waals surface area contributed by atoms with Gasteiger partial charge in [-0.15, -0.1) is 0 Å². The van der Waals surface area contributed by atoms with Crippen LogP contribution in [0.3, 0.4) is 0 Å². The topological polar surface area (TPSA) is 18.5 Å². The predicted molar refractivity (Wildman–Crippen MR) is 214 cm³/mol. The molecule has 0 amide bonds. The van der Waals surface area contributed by atoms with Crippen molar-refractivity contribution in [2.75, 3.05) is 13.2 Å². The molecule has 0 heterocycles. The Balaban J connectivity index is 1.61. The van der Waals surface area contributed by atoms with Gasteiger partial charge < -0.3 is 9.47 Å². The van der Waals surface area contributed by atoms with Crippen molar-refractivity contribution in [1.82, 2.24) is 0 Å². The fraction of sp³-hybridized carbons (Fsp3) is 0.486. The molecule has 44 heavy (non-hydrogen) atoms. The molecule has 0 spiro atoms. The molecule has 0 bridgehead atoms. The summed E-state index contributed by atoms with van der Waals surface area (Å²) in [6.45, 7) is 22.8. The molecule has 3 aromatic carbocycles. The molecule has 3 aromatic rings. The Hall–Kier alpha value is -0.169. The maximum absolute atomic E-state index is 6.33. The van der Waals surface area contributed by atoms with E-state index in [1.165, 1.54) is 30.0 Å². The van der Waals surface area contributed by atoms with Gasteiger partial charge in [-0.2, -0.15) is 0 Å². The molecule has 0 saturated heterocycles. The number of hydrogen-bond acceptors (Lipinski definition) is 2. The standard InChI is InChI=1S/C35H48Br4O2Si3/c1-10-14-40-33-29(36)17-24(18-30(33)37)35(2,3)25-19-31(38)34(32(39)20-25)41-15-12-11-13-16-44(8,9)28-22-26(42(4)5)21-27(23-28)43(6)7/h17-23H,10-16H2,1-9H3. The van der Waals surface area contributed by atoms with E-state index < -0.39 is 25.7 Å². The number of halogens is 4. The number of benzene rings is 3. The van der Waals surface area contributed by atoms with Crippen LogP contribution >= 0.6 is 63.7 Å². The van der Waals surface area contributed by atoms with Gasteiger partial charge in [0.05, 0.1) is 56.8 Å². The molecule has 9 heteroatoms. The van der Waals surface area contributed by atoms with Gasteiger partial charge in [-0.25, -0.2) is 0 Å². The van der Waals surface area contributed by atoms with Crippen molar-refractivity contribution in [1.29, 1.82) is 0 Å². The second-order valence-electron chi connectivity index (χ2n) is 13.4. The molecule has 0 unspecified atom stereocenters. The lowest BCUT2D eigenvalue weighted by molar-refractivity contribution is 0.302. The molecule has 0 aromatic heterocycles. The maximum atomic E-state index is 6.33. The van der Waals surface area contributed by atoms with E-state index in [2.05, 4.69) is 166 Å². The Kier molecular flexibility index (Phi) is 14.6. The van der Waals surface area contributed by atoms with Gasteiger partial charge in [-0.1, -0.05) is 113 Å². The highest BCUT2D eigenvalue weighted by molar-refractivity contribution is 9.11. The first-order valence-electron chi connectivity index (χ1n) is 15.6. The zero-order valence-electron chi connectivity index (χ0n) is 27.8. The molecule has 0 N–H and O–H groups in total. The highest BCUT2D eigenvalue weighted by Gasteiger charge is 2.28. The zero-order valence-corrected chi connectivity index (χ0v) is 37.2. The van der Waals surface area contributed by atoms with Gasteiger partial charge in [0.2, 0.25) is 0 Å². The summed E-state index contributed by atoms with van der Waals surface area (Å²) in [6, 6.07) is 17.7. The molecule has 0 saturated carbocycles. The Bertz CT molecular complexity index is 1350. The summed E-state index contributed by atoms with van der Waals surface area (Å²) >= 11 is 15.1. The molecular formula is C35H48Br4O2Si3. The van der Waals surface area contributed by atoms with Crippen LogP contribution in [0.5, 0.6) is 11.5 Å². The van der Waals surface area contributed by atoms with E-state index in [0.717, 1.165) is 48.8 Å². The minimum atomic E-state index is -1.48. The van der Waals surface area contributed by atoms with Crippen molar-refractivity contribution in [3.05, 3.63) is 71.5 Å². The summed E-state index contributed by atoms with van der Waals surface area (Å²) in [5, 5.41) is 4.89. The van der Waals surface area contributed by atoms with Crippen LogP contribution in [-0.2, 0) is 5.41 Å². The fourth-order valence-electron chi connectivity index (χ4n) is 5.25. The van der Waals surface area contributed by atoms with E-state index in [1.807, 2.05) is 0 Å². The minimum Gasteiger partial charge on any atom is -0.491 e. The number of hydrogen-bond donors (Lipinski definition) is 0. The van der Waals surface area contributed by atoms with Crippen LogP contribution < -0.4 is 25.0 Å². The molecule has 0 aliphatic rings. The first-order chi connectivity index (χ1) is 20.6. The Labute approximate surface area is 305 Å². The van der Waals surface area contributed by atoms with Gasteiger partial charge in [-0.3, -0.25) is 0 Å². The molecule has 2 nitrogen and oxygen atoms in total. The van der Waals surface area contributed by atoms with Crippen LogP contribution in [0.4, 0.5) is 0 Å². The van der Waals surface area contributed by atoms with Crippen LogP contribution in [0, 0.1) is 0 Å². The van der Waals surface area contributed by atoms with Gasteiger partial charge in [0.1, 0.15) is 11.5 Å². The number of unbranched alkanes of at least 4 members (excludes halogenated alkanes) is 2. The van der Waals surface area contributed by atoms with E-state index in [0.29, 0.717) is 6.61 Å². The van der Waals surface area contributed by atoms with Crippen LogP contribution in [0.1, 0.15) is 57.6 Å². The molecule has 3 rings (SSSR count). The first-order valence-corrected chi connectivity index (χ1v) is 27.0. The van der Waals surface area contributed by atoms with Gasteiger partial charge in [0.15, 0.2) is 0 Å². The van der Waals surface area contributed by atoms with E-state index in [1.54, 1.807) is 15.6 Å². The third-order valence-corrected chi connectivity index (χ3v) is 17.2. The quantitative estimate of drug-likeness (QED) is 0.112. The molecule has 0 aliphatic carbocycles. The monoisotopic (exact) mass is 900 g/mol. The Morgan fingerprint density at radius 1 is 0.636 bits per heavy atom. The third kappa shape index (κ3) is 9.92. The second kappa shape index (κ2) is 16.8. The maximum Gasteiger partial charge on any atom is 0.147 e. The largest absolute Gasteiger partial charge is 0.491 e. The molecule has 0 fully saturated rings.